The van der Waals surface area contributed by atoms with Crippen LogP contribution in [-0.2, 0) is 17.6 Å². The van der Waals surface area contributed by atoms with E-state index in [1.54, 1.807) is 6.92 Å². The predicted molar refractivity (Wildman–Crippen MR) is 63.3 cm³/mol. The molecule has 1 aliphatic carbocycles. The van der Waals surface area contributed by atoms with Crippen LogP contribution in [0.1, 0.15) is 30.2 Å². The summed E-state index contributed by atoms with van der Waals surface area (Å²) in [5.74, 6) is -0.00404. The standard InChI is InChI=1S/C12H14N4O/c1-7(11(14)17)15-12-9(6-13)5-8-3-2-4-10(8)16-12/h5,7H,2-4H2,1H3,(H2,14,17)(H,15,16). The SMILES string of the molecule is CC(Nc1nc2c(cc1C#N)CCC2)C(N)=O. The number of nitriles is 1. The van der Waals surface area contributed by atoms with Crippen LogP contribution in [0.25, 0.3) is 0 Å². The summed E-state index contributed by atoms with van der Waals surface area (Å²) in [6.45, 7) is 1.65. The van der Waals surface area contributed by atoms with E-state index in [0.717, 1.165) is 30.5 Å². The van der Waals surface area contributed by atoms with Crippen molar-refractivity contribution in [2.75, 3.05) is 5.32 Å². The predicted octanol–water partition coefficient (Wildman–Crippen LogP) is 0.728. The molecule has 1 aromatic heterocycles. The van der Waals surface area contributed by atoms with Crippen molar-refractivity contribution < 1.29 is 4.79 Å². The first-order valence-electron chi connectivity index (χ1n) is 5.60. The fourth-order valence-electron chi connectivity index (χ4n) is 1.94. The van der Waals surface area contributed by atoms with Gasteiger partial charge in [0, 0.05) is 5.69 Å². The summed E-state index contributed by atoms with van der Waals surface area (Å²) >= 11 is 0. The van der Waals surface area contributed by atoms with Crippen molar-refractivity contribution in [3.63, 3.8) is 0 Å². The number of fused-ring (bicyclic) bond motifs is 1. The molecule has 0 spiro atoms. The van der Waals surface area contributed by atoms with Gasteiger partial charge in [0.05, 0.1) is 5.56 Å². The van der Waals surface area contributed by atoms with Crippen LogP contribution in [0.15, 0.2) is 6.07 Å². The van der Waals surface area contributed by atoms with Gasteiger partial charge in [0.15, 0.2) is 0 Å². The zero-order chi connectivity index (χ0) is 12.4. The molecule has 0 bridgehead atoms. The number of amides is 1. The number of pyridine rings is 1. The van der Waals surface area contributed by atoms with E-state index in [1.807, 2.05) is 6.07 Å². The molecule has 1 aromatic rings. The number of carbonyl (C=O) groups excluding carboxylic acids is 1. The maximum Gasteiger partial charge on any atom is 0.239 e. The van der Waals surface area contributed by atoms with Crippen molar-refractivity contribution in [2.45, 2.75) is 32.2 Å². The Morgan fingerprint density at radius 1 is 1.65 bits per heavy atom. The number of carbonyl (C=O) groups is 1. The fourth-order valence-corrected chi connectivity index (χ4v) is 1.94. The van der Waals surface area contributed by atoms with E-state index in [4.69, 9.17) is 11.0 Å². The van der Waals surface area contributed by atoms with Gasteiger partial charge in [-0.05, 0) is 37.8 Å². The Hall–Kier alpha value is -2.09. The lowest BCUT2D eigenvalue weighted by Gasteiger charge is -2.13. The van der Waals surface area contributed by atoms with Crippen LogP contribution in [0.5, 0.6) is 0 Å². The average Bonchev–Trinajstić information content (AvgIpc) is 2.74. The Bertz CT molecular complexity index is 504. The summed E-state index contributed by atoms with van der Waals surface area (Å²) in [6.07, 6.45) is 2.98. The maximum atomic E-state index is 11.0. The third-order valence-corrected chi connectivity index (χ3v) is 2.95. The quantitative estimate of drug-likeness (QED) is 0.800. The lowest BCUT2D eigenvalue weighted by Crippen LogP contribution is -2.33. The molecular formula is C12H14N4O. The molecule has 88 valence electrons. The molecule has 5 heteroatoms. The van der Waals surface area contributed by atoms with Gasteiger partial charge in [-0.2, -0.15) is 5.26 Å². The minimum Gasteiger partial charge on any atom is -0.368 e. The third-order valence-electron chi connectivity index (χ3n) is 2.95. The van der Waals surface area contributed by atoms with Gasteiger partial charge in [-0.15, -0.1) is 0 Å². The minimum atomic E-state index is -0.533. The minimum absolute atomic E-state index is 0.458. The van der Waals surface area contributed by atoms with Crippen molar-refractivity contribution >= 4 is 11.7 Å². The number of nitrogens with zero attached hydrogens (tertiary/aromatic N) is 2. The lowest BCUT2D eigenvalue weighted by atomic mass is 10.1. The molecule has 17 heavy (non-hydrogen) atoms. The summed E-state index contributed by atoms with van der Waals surface area (Å²) < 4.78 is 0. The van der Waals surface area contributed by atoms with Crippen molar-refractivity contribution in [1.29, 1.82) is 5.26 Å². The Kier molecular flexibility index (Phi) is 2.96. The van der Waals surface area contributed by atoms with Crippen LogP contribution < -0.4 is 11.1 Å². The molecule has 5 nitrogen and oxygen atoms in total. The van der Waals surface area contributed by atoms with Crippen molar-refractivity contribution in [1.82, 2.24) is 4.98 Å². The van der Waals surface area contributed by atoms with Gasteiger partial charge in [-0.3, -0.25) is 4.79 Å². The number of primary amides is 1. The molecule has 1 amide bonds. The van der Waals surface area contributed by atoms with E-state index in [0.29, 0.717) is 11.4 Å². The molecule has 1 heterocycles. The lowest BCUT2D eigenvalue weighted by molar-refractivity contribution is -0.118. The first-order valence-corrected chi connectivity index (χ1v) is 5.60. The number of hydrogen-bond acceptors (Lipinski definition) is 4. The molecule has 3 N–H and O–H groups in total. The summed E-state index contributed by atoms with van der Waals surface area (Å²) in [5, 5.41) is 11.9. The fraction of sp³-hybridized carbons (Fsp3) is 0.417. The van der Waals surface area contributed by atoms with Gasteiger partial charge in [0.2, 0.25) is 5.91 Å². The van der Waals surface area contributed by atoms with Crippen LogP contribution >= 0.6 is 0 Å². The molecule has 1 unspecified atom stereocenters. The first-order chi connectivity index (χ1) is 8.11. The van der Waals surface area contributed by atoms with Gasteiger partial charge >= 0.3 is 0 Å². The van der Waals surface area contributed by atoms with Crippen LogP contribution in [0.4, 0.5) is 5.82 Å². The van der Waals surface area contributed by atoms with Crippen LogP contribution in [0.3, 0.4) is 0 Å². The molecule has 1 aliphatic rings. The molecule has 0 aliphatic heterocycles. The smallest absolute Gasteiger partial charge is 0.239 e. The monoisotopic (exact) mass is 230 g/mol. The molecule has 0 radical (unpaired) electrons. The summed E-state index contributed by atoms with van der Waals surface area (Å²) in [5.41, 5.74) is 7.80. The molecule has 0 fully saturated rings. The first kappa shape index (κ1) is 11.4. The van der Waals surface area contributed by atoms with Gasteiger partial charge in [-0.1, -0.05) is 0 Å². The number of aryl methyl sites for hydroxylation is 2. The van der Waals surface area contributed by atoms with Crippen LogP contribution in [0, 0.1) is 11.3 Å². The van der Waals surface area contributed by atoms with E-state index in [9.17, 15) is 4.79 Å². The zero-order valence-corrected chi connectivity index (χ0v) is 9.66. The van der Waals surface area contributed by atoms with Crippen LogP contribution in [0.2, 0.25) is 0 Å². The Morgan fingerprint density at radius 2 is 2.41 bits per heavy atom. The molecule has 0 aromatic carbocycles. The molecule has 2 rings (SSSR count). The van der Waals surface area contributed by atoms with Crippen molar-refractivity contribution in [3.8, 4) is 6.07 Å². The highest BCUT2D eigenvalue weighted by atomic mass is 16.1. The second-order valence-corrected chi connectivity index (χ2v) is 4.22. The van der Waals surface area contributed by atoms with E-state index in [2.05, 4.69) is 16.4 Å². The van der Waals surface area contributed by atoms with E-state index < -0.39 is 11.9 Å². The molecule has 1 atom stereocenters. The largest absolute Gasteiger partial charge is 0.368 e. The summed E-state index contributed by atoms with van der Waals surface area (Å²) in [4.78, 5) is 15.4. The summed E-state index contributed by atoms with van der Waals surface area (Å²) in [6, 6.07) is 3.41. The topological polar surface area (TPSA) is 91.8 Å². The summed E-state index contributed by atoms with van der Waals surface area (Å²) in [7, 11) is 0. The van der Waals surface area contributed by atoms with Gasteiger partial charge in [0.25, 0.3) is 0 Å². The van der Waals surface area contributed by atoms with Gasteiger partial charge < -0.3 is 11.1 Å². The number of nitrogens with one attached hydrogen (secondary N) is 1. The van der Waals surface area contributed by atoms with E-state index in [-0.39, 0.29) is 0 Å². The van der Waals surface area contributed by atoms with Crippen molar-refractivity contribution in [3.05, 3.63) is 22.9 Å². The van der Waals surface area contributed by atoms with Crippen molar-refractivity contribution in [2.24, 2.45) is 5.73 Å². The highest BCUT2D eigenvalue weighted by molar-refractivity contribution is 5.82. The van der Waals surface area contributed by atoms with Gasteiger partial charge in [-0.25, -0.2) is 4.98 Å². The number of hydrogen-bond donors (Lipinski definition) is 2. The van der Waals surface area contributed by atoms with Gasteiger partial charge in [0.1, 0.15) is 17.9 Å². The molecule has 0 saturated carbocycles. The number of rotatable bonds is 3. The normalized spacial score (nSPS) is 14.8. The molecule has 0 saturated heterocycles. The second-order valence-electron chi connectivity index (χ2n) is 4.22. The number of nitrogens with two attached hydrogens (primary N) is 1. The number of anilines is 1. The van der Waals surface area contributed by atoms with E-state index >= 15 is 0 Å². The Labute approximate surface area is 99.6 Å². The second kappa shape index (κ2) is 4.42. The number of aromatic nitrogens is 1. The average molecular weight is 230 g/mol. The zero-order valence-electron chi connectivity index (χ0n) is 9.66. The Balaban J connectivity index is 2.33. The van der Waals surface area contributed by atoms with E-state index in [1.165, 1.54) is 0 Å². The molecular weight excluding hydrogens is 216 g/mol. The highest BCUT2D eigenvalue weighted by Crippen LogP contribution is 2.25. The van der Waals surface area contributed by atoms with Crippen LogP contribution in [-0.4, -0.2) is 16.9 Å². The Morgan fingerprint density at radius 3 is 3.06 bits per heavy atom. The highest BCUT2D eigenvalue weighted by Gasteiger charge is 2.18. The third kappa shape index (κ3) is 2.21. The maximum absolute atomic E-state index is 11.0.